The molecule has 1 unspecified atom stereocenters. The minimum Gasteiger partial charge on any atom is -0.310 e. The molecule has 2 aromatic rings. The Morgan fingerprint density at radius 1 is 1.24 bits per heavy atom. The van der Waals surface area contributed by atoms with E-state index in [-0.39, 0.29) is 11.9 Å². The van der Waals surface area contributed by atoms with Crippen LogP contribution in [0.4, 0.5) is 4.39 Å². The van der Waals surface area contributed by atoms with Crippen LogP contribution in [0.1, 0.15) is 30.5 Å². The predicted molar refractivity (Wildman–Crippen MR) is 95.3 cm³/mol. The van der Waals surface area contributed by atoms with Gasteiger partial charge in [0, 0.05) is 20.2 Å². The van der Waals surface area contributed by atoms with Gasteiger partial charge < -0.3 is 5.32 Å². The Hall–Kier alpha value is -0.650. The van der Waals surface area contributed by atoms with Crippen molar-refractivity contribution in [3.05, 3.63) is 68.0 Å². The number of nitrogens with one attached hydrogen (secondary N) is 1. The van der Waals surface area contributed by atoms with Gasteiger partial charge in [-0.25, -0.2) is 4.39 Å². The average Bonchev–Trinajstić information content (AvgIpc) is 2.46. The van der Waals surface area contributed by atoms with E-state index in [9.17, 15) is 4.39 Å². The third kappa shape index (κ3) is 4.66. The fraction of sp³-hybridized carbons (Fsp3) is 0.294. The third-order valence-corrected chi connectivity index (χ3v) is 4.39. The number of hydrogen-bond donors (Lipinski definition) is 1. The highest BCUT2D eigenvalue weighted by Crippen LogP contribution is 2.26. The fourth-order valence-corrected chi connectivity index (χ4v) is 3.09. The molecule has 1 nitrogen and oxygen atoms in total. The Labute approximate surface area is 144 Å². The van der Waals surface area contributed by atoms with Crippen molar-refractivity contribution in [2.75, 3.05) is 6.54 Å². The van der Waals surface area contributed by atoms with Crippen molar-refractivity contribution in [1.82, 2.24) is 5.32 Å². The molecule has 21 heavy (non-hydrogen) atoms. The first-order chi connectivity index (χ1) is 10.1. The maximum Gasteiger partial charge on any atom is 0.127 e. The van der Waals surface area contributed by atoms with Crippen LogP contribution in [0.5, 0.6) is 0 Å². The first-order valence-corrected chi connectivity index (χ1v) is 8.49. The number of halogens is 3. The van der Waals surface area contributed by atoms with Crippen molar-refractivity contribution in [3.8, 4) is 0 Å². The molecule has 0 heterocycles. The van der Waals surface area contributed by atoms with Crippen LogP contribution in [0.3, 0.4) is 0 Å². The summed E-state index contributed by atoms with van der Waals surface area (Å²) in [5, 5.41) is 3.98. The molecular weight excluding hydrogens is 400 g/mol. The molecule has 1 N–H and O–H groups in total. The molecule has 0 fully saturated rings. The third-order valence-electron chi connectivity index (χ3n) is 3.36. The first-order valence-electron chi connectivity index (χ1n) is 7.03. The molecule has 0 saturated carbocycles. The van der Waals surface area contributed by atoms with Gasteiger partial charge >= 0.3 is 0 Å². The zero-order chi connectivity index (χ0) is 15.2. The smallest absolute Gasteiger partial charge is 0.127 e. The van der Waals surface area contributed by atoms with Gasteiger partial charge in [0.1, 0.15) is 5.82 Å². The van der Waals surface area contributed by atoms with Crippen LogP contribution in [0.15, 0.2) is 42.5 Å². The van der Waals surface area contributed by atoms with Crippen molar-refractivity contribution < 1.29 is 4.39 Å². The van der Waals surface area contributed by atoms with E-state index in [1.54, 1.807) is 12.1 Å². The highest BCUT2D eigenvalue weighted by atomic mass is 127. The molecule has 112 valence electrons. The second-order valence-corrected chi connectivity index (χ2v) is 6.62. The normalized spacial score (nSPS) is 12.4. The lowest BCUT2D eigenvalue weighted by molar-refractivity contribution is 0.513. The van der Waals surface area contributed by atoms with E-state index >= 15 is 0 Å². The highest BCUT2D eigenvalue weighted by Gasteiger charge is 2.16. The molecule has 0 aliphatic heterocycles. The predicted octanol–water partition coefficient (Wildman–Crippen LogP) is 5.37. The van der Waals surface area contributed by atoms with Crippen LogP contribution < -0.4 is 5.32 Å². The van der Waals surface area contributed by atoms with E-state index in [1.165, 1.54) is 9.64 Å². The van der Waals surface area contributed by atoms with E-state index in [4.69, 9.17) is 11.6 Å². The lowest BCUT2D eigenvalue weighted by atomic mass is 9.98. The van der Waals surface area contributed by atoms with Crippen molar-refractivity contribution >= 4 is 34.2 Å². The Morgan fingerprint density at radius 3 is 2.67 bits per heavy atom. The Balaban J connectivity index is 2.28. The summed E-state index contributed by atoms with van der Waals surface area (Å²) >= 11 is 8.45. The van der Waals surface area contributed by atoms with Crippen LogP contribution in [0.25, 0.3) is 0 Å². The minimum absolute atomic E-state index is 0.0639. The van der Waals surface area contributed by atoms with Crippen LogP contribution in [0.2, 0.25) is 5.02 Å². The van der Waals surface area contributed by atoms with E-state index < -0.39 is 0 Å². The Bertz CT molecular complexity index is 583. The van der Waals surface area contributed by atoms with Gasteiger partial charge in [-0.2, -0.15) is 0 Å². The average molecular weight is 418 g/mol. The summed E-state index contributed by atoms with van der Waals surface area (Å²) in [6, 6.07) is 13.2. The van der Waals surface area contributed by atoms with Crippen molar-refractivity contribution in [1.29, 1.82) is 0 Å². The molecule has 2 rings (SSSR count). The summed E-state index contributed by atoms with van der Waals surface area (Å²) in [4.78, 5) is 0. The molecular formula is C17H18ClFIN. The largest absolute Gasteiger partial charge is 0.310 e. The van der Waals surface area contributed by atoms with Gasteiger partial charge in [0.15, 0.2) is 0 Å². The highest BCUT2D eigenvalue weighted by molar-refractivity contribution is 14.1. The Kier molecular flexibility index (Phi) is 6.45. The van der Waals surface area contributed by atoms with E-state index in [0.717, 1.165) is 18.5 Å². The van der Waals surface area contributed by atoms with Crippen molar-refractivity contribution in [3.63, 3.8) is 0 Å². The number of rotatable bonds is 6. The van der Waals surface area contributed by atoms with Gasteiger partial charge in [-0.05, 0) is 71.8 Å². The zero-order valence-electron chi connectivity index (χ0n) is 11.9. The van der Waals surface area contributed by atoms with Crippen LogP contribution in [-0.2, 0) is 6.42 Å². The fourth-order valence-electron chi connectivity index (χ4n) is 2.28. The molecule has 1 atom stereocenters. The van der Waals surface area contributed by atoms with E-state index in [0.29, 0.717) is 17.0 Å². The summed E-state index contributed by atoms with van der Waals surface area (Å²) in [6.45, 7) is 3.01. The lowest BCUT2D eigenvalue weighted by Crippen LogP contribution is -2.24. The minimum atomic E-state index is -0.239. The van der Waals surface area contributed by atoms with Gasteiger partial charge in [0.2, 0.25) is 0 Å². The maximum absolute atomic E-state index is 14.0. The van der Waals surface area contributed by atoms with Gasteiger partial charge in [0.05, 0.1) is 0 Å². The number of hydrogen-bond acceptors (Lipinski definition) is 1. The molecule has 0 saturated heterocycles. The summed E-state index contributed by atoms with van der Waals surface area (Å²) < 4.78 is 15.2. The van der Waals surface area contributed by atoms with Crippen LogP contribution in [0, 0.1) is 9.39 Å². The maximum atomic E-state index is 14.0. The molecule has 0 aromatic heterocycles. The van der Waals surface area contributed by atoms with Crippen molar-refractivity contribution in [2.45, 2.75) is 25.8 Å². The molecule has 2 aromatic carbocycles. The summed E-state index contributed by atoms with van der Waals surface area (Å²) in [6.07, 6.45) is 1.58. The first kappa shape index (κ1) is 16.7. The van der Waals surface area contributed by atoms with Gasteiger partial charge in [-0.15, -0.1) is 0 Å². The standard InChI is InChI=1S/C17H18ClFIN/c1-2-9-21-17(12-5-3-6-13(20)10-12)11-14-15(18)7-4-8-16(14)19/h3-8,10,17,21H,2,9,11H2,1H3. The molecule has 0 radical (unpaired) electrons. The van der Waals surface area contributed by atoms with Gasteiger partial charge in [-0.3, -0.25) is 0 Å². The summed E-state index contributed by atoms with van der Waals surface area (Å²) in [7, 11) is 0. The topological polar surface area (TPSA) is 12.0 Å². The van der Waals surface area contributed by atoms with Gasteiger partial charge in [0.25, 0.3) is 0 Å². The molecule has 0 aliphatic carbocycles. The summed E-state index contributed by atoms with van der Waals surface area (Å²) in [5.41, 5.74) is 1.74. The molecule has 0 spiro atoms. The Morgan fingerprint density at radius 2 is 2.00 bits per heavy atom. The summed E-state index contributed by atoms with van der Waals surface area (Å²) in [5.74, 6) is -0.239. The molecule has 0 bridgehead atoms. The molecule has 0 aliphatic rings. The van der Waals surface area contributed by atoms with E-state index in [2.05, 4.69) is 53.0 Å². The van der Waals surface area contributed by atoms with Crippen LogP contribution in [-0.4, -0.2) is 6.54 Å². The molecule has 4 heteroatoms. The second-order valence-electron chi connectivity index (χ2n) is 4.97. The van der Waals surface area contributed by atoms with Gasteiger partial charge in [-0.1, -0.05) is 36.7 Å². The monoisotopic (exact) mass is 417 g/mol. The van der Waals surface area contributed by atoms with E-state index in [1.807, 2.05) is 6.07 Å². The second kappa shape index (κ2) is 8.11. The molecule has 0 amide bonds. The SMILES string of the molecule is CCCNC(Cc1c(F)cccc1Cl)c1cccc(I)c1. The van der Waals surface area contributed by atoms with Crippen LogP contribution >= 0.6 is 34.2 Å². The number of benzene rings is 2. The zero-order valence-corrected chi connectivity index (χ0v) is 14.8. The quantitative estimate of drug-likeness (QED) is 0.623. The lowest BCUT2D eigenvalue weighted by Gasteiger charge is -2.20. The van der Waals surface area contributed by atoms with Crippen molar-refractivity contribution in [2.24, 2.45) is 0 Å².